The second-order valence-electron chi connectivity index (χ2n) is 4.46. The Morgan fingerprint density at radius 1 is 1.53 bits per heavy atom. The number of rotatable bonds is 4. The molecule has 6 nitrogen and oxygen atoms in total. The normalized spacial score (nSPS) is 18.4. The van der Waals surface area contributed by atoms with Crippen molar-refractivity contribution in [3.8, 4) is 0 Å². The molecule has 0 aromatic carbocycles. The predicted molar refractivity (Wildman–Crippen MR) is 62.7 cm³/mol. The SMILES string of the molecule is CN1CCC(NCc2ccc([N+](=O)[O-])o2)CC1. The summed E-state index contributed by atoms with van der Waals surface area (Å²) in [5.74, 6) is 0.431. The summed E-state index contributed by atoms with van der Waals surface area (Å²) in [4.78, 5) is 12.2. The second-order valence-corrected chi connectivity index (χ2v) is 4.46. The molecule has 1 saturated heterocycles. The Kier molecular flexibility index (Phi) is 3.75. The molecule has 2 rings (SSSR count). The smallest absolute Gasteiger partial charge is 0.404 e. The van der Waals surface area contributed by atoms with Gasteiger partial charge < -0.3 is 14.6 Å². The molecule has 2 heterocycles. The molecule has 0 radical (unpaired) electrons. The highest BCUT2D eigenvalue weighted by Gasteiger charge is 2.17. The van der Waals surface area contributed by atoms with E-state index in [1.54, 1.807) is 6.07 Å². The number of nitrogens with zero attached hydrogens (tertiary/aromatic N) is 2. The fourth-order valence-corrected chi connectivity index (χ4v) is 2.02. The van der Waals surface area contributed by atoms with Crippen molar-refractivity contribution in [3.05, 3.63) is 28.0 Å². The van der Waals surface area contributed by atoms with E-state index >= 15 is 0 Å². The number of furan rings is 1. The maximum Gasteiger partial charge on any atom is 0.433 e. The quantitative estimate of drug-likeness (QED) is 0.634. The molecule has 0 aliphatic carbocycles. The van der Waals surface area contributed by atoms with Crippen LogP contribution in [0, 0.1) is 10.1 Å². The van der Waals surface area contributed by atoms with Crippen LogP contribution in [0.15, 0.2) is 16.5 Å². The summed E-state index contributed by atoms with van der Waals surface area (Å²) in [7, 11) is 2.12. The number of hydrogen-bond donors (Lipinski definition) is 1. The predicted octanol–water partition coefficient (Wildman–Crippen LogP) is 1.37. The minimum Gasteiger partial charge on any atom is -0.404 e. The van der Waals surface area contributed by atoms with E-state index < -0.39 is 4.92 Å². The van der Waals surface area contributed by atoms with Gasteiger partial charge in [0, 0.05) is 6.04 Å². The molecule has 0 amide bonds. The molecule has 1 aliphatic rings. The molecule has 1 N–H and O–H groups in total. The van der Waals surface area contributed by atoms with Crippen LogP contribution < -0.4 is 5.32 Å². The van der Waals surface area contributed by atoms with Crippen LogP contribution in [0.3, 0.4) is 0 Å². The van der Waals surface area contributed by atoms with E-state index in [-0.39, 0.29) is 5.88 Å². The van der Waals surface area contributed by atoms with Crippen LogP contribution in [0.5, 0.6) is 0 Å². The van der Waals surface area contributed by atoms with Gasteiger partial charge >= 0.3 is 5.88 Å². The summed E-state index contributed by atoms with van der Waals surface area (Å²) < 4.78 is 5.09. The zero-order chi connectivity index (χ0) is 12.3. The van der Waals surface area contributed by atoms with E-state index in [1.165, 1.54) is 6.07 Å². The van der Waals surface area contributed by atoms with Crippen LogP contribution in [0.4, 0.5) is 5.88 Å². The molecule has 1 aromatic rings. The number of piperidine rings is 1. The van der Waals surface area contributed by atoms with Gasteiger partial charge in [-0.15, -0.1) is 0 Å². The standard InChI is InChI=1S/C11H17N3O3/c1-13-6-4-9(5-7-13)12-8-10-2-3-11(17-10)14(15)16/h2-3,9,12H,4-8H2,1H3. The van der Waals surface area contributed by atoms with Gasteiger partial charge in [0.15, 0.2) is 0 Å². The Labute approximate surface area is 99.7 Å². The molecule has 6 heteroatoms. The van der Waals surface area contributed by atoms with Gasteiger partial charge in [-0.2, -0.15) is 0 Å². The monoisotopic (exact) mass is 239 g/mol. The number of hydrogen-bond acceptors (Lipinski definition) is 5. The Bertz CT molecular complexity index is 383. The van der Waals surface area contributed by atoms with Crippen LogP contribution in [-0.4, -0.2) is 36.0 Å². The summed E-state index contributed by atoms with van der Waals surface area (Å²) >= 11 is 0. The van der Waals surface area contributed by atoms with E-state index in [0.717, 1.165) is 25.9 Å². The van der Waals surface area contributed by atoms with E-state index in [0.29, 0.717) is 18.3 Å². The van der Waals surface area contributed by atoms with Gasteiger partial charge in [0.2, 0.25) is 0 Å². The van der Waals surface area contributed by atoms with Crippen molar-refractivity contribution in [2.75, 3.05) is 20.1 Å². The first-order chi connectivity index (χ1) is 8.15. The van der Waals surface area contributed by atoms with E-state index in [1.807, 2.05) is 0 Å². The van der Waals surface area contributed by atoms with Crippen LogP contribution >= 0.6 is 0 Å². The Morgan fingerprint density at radius 3 is 2.82 bits per heavy atom. The minimum absolute atomic E-state index is 0.190. The van der Waals surface area contributed by atoms with Crippen LogP contribution in [-0.2, 0) is 6.54 Å². The van der Waals surface area contributed by atoms with Crippen molar-refractivity contribution in [2.45, 2.75) is 25.4 Å². The summed E-state index contributed by atoms with van der Waals surface area (Å²) in [6.07, 6.45) is 2.22. The Morgan fingerprint density at radius 2 is 2.24 bits per heavy atom. The molecule has 0 spiro atoms. The van der Waals surface area contributed by atoms with Gasteiger partial charge in [0.25, 0.3) is 0 Å². The van der Waals surface area contributed by atoms with E-state index in [9.17, 15) is 10.1 Å². The first-order valence-corrected chi connectivity index (χ1v) is 5.80. The average molecular weight is 239 g/mol. The van der Waals surface area contributed by atoms with Gasteiger partial charge in [0.1, 0.15) is 10.7 Å². The molecule has 0 unspecified atom stereocenters. The van der Waals surface area contributed by atoms with E-state index in [2.05, 4.69) is 17.3 Å². The summed E-state index contributed by atoms with van der Waals surface area (Å²) in [6, 6.07) is 3.53. The van der Waals surface area contributed by atoms with Crippen molar-refractivity contribution in [1.29, 1.82) is 0 Å². The van der Waals surface area contributed by atoms with Gasteiger partial charge in [-0.1, -0.05) is 0 Å². The van der Waals surface area contributed by atoms with Crippen molar-refractivity contribution < 1.29 is 9.34 Å². The lowest BCUT2D eigenvalue weighted by Crippen LogP contribution is -2.40. The van der Waals surface area contributed by atoms with Gasteiger partial charge in [0.05, 0.1) is 12.6 Å². The lowest BCUT2D eigenvalue weighted by Gasteiger charge is -2.29. The largest absolute Gasteiger partial charge is 0.433 e. The zero-order valence-electron chi connectivity index (χ0n) is 9.89. The molecule has 1 aliphatic heterocycles. The van der Waals surface area contributed by atoms with Crippen molar-refractivity contribution in [1.82, 2.24) is 10.2 Å². The molecule has 0 bridgehead atoms. The fourth-order valence-electron chi connectivity index (χ4n) is 2.02. The molecule has 0 saturated carbocycles. The highest BCUT2D eigenvalue weighted by Crippen LogP contribution is 2.16. The van der Waals surface area contributed by atoms with Crippen molar-refractivity contribution in [3.63, 3.8) is 0 Å². The zero-order valence-corrected chi connectivity index (χ0v) is 9.89. The number of likely N-dealkylation sites (tertiary alicyclic amines) is 1. The highest BCUT2D eigenvalue weighted by atomic mass is 16.6. The molecule has 17 heavy (non-hydrogen) atoms. The highest BCUT2D eigenvalue weighted by molar-refractivity contribution is 5.17. The lowest BCUT2D eigenvalue weighted by molar-refractivity contribution is -0.402. The molecule has 94 valence electrons. The van der Waals surface area contributed by atoms with Crippen molar-refractivity contribution >= 4 is 5.88 Å². The molecule has 0 atom stereocenters. The van der Waals surface area contributed by atoms with Crippen LogP contribution in [0.25, 0.3) is 0 Å². The molecule has 1 fully saturated rings. The first kappa shape index (κ1) is 12.1. The summed E-state index contributed by atoms with van der Waals surface area (Å²) in [6.45, 7) is 2.74. The third-order valence-corrected chi connectivity index (χ3v) is 3.11. The number of nitrogens with one attached hydrogen (secondary N) is 1. The van der Waals surface area contributed by atoms with Crippen LogP contribution in [0.1, 0.15) is 18.6 Å². The first-order valence-electron chi connectivity index (χ1n) is 5.80. The lowest BCUT2D eigenvalue weighted by atomic mass is 10.1. The second kappa shape index (κ2) is 5.29. The van der Waals surface area contributed by atoms with Gasteiger partial charge in [-0.3, -0.25) is 10.1 Å². The average Bonchev–Trinajstić information content (AvgIpc) is 2.77. The Balaban J connectivity index is 1.79. The minimum atomic E-state index is -0.515. The van der Waals surface area contributed by atoms with Gasteiger partial charge in [-0.05, 0) is 39.0 Å². The molecular formula is C11H17N3O3. The summed E-state index contributed by atoms with van der Waals surface area (Å²) in [5, 5.41) is 13.8. The Hall–Kier alpha value is -1.40. The van der Waals surface area contributed by atoms with Gasteiger partial charge in [-0.25, -0.2) is 0 Å². The maximum absolute atomic E-state index is 10.4. The number of nitro groups is 1. The third-order valence-electron chi connectivity index (χ3n) is 3.11. The topological polar surface area (TPSA) is 71.5 Å². The fraction of sp³-hybridized carbons (Fsp3) is 0.636. The molecule has 1 aromatic heterocycles. The summed E-state index contributed by atoms with van der Waals surface area (Å²) in [5.41, 5.74) is 0. The maximum atomic E-state index is 10.4. The van der Waals surface area contributed by atoms with E-state index in [4.69, 9.17) is 4.42 Å². The molecular weight excluding hydrogens is 222 g/mol. The van der Waals surface area contributed by atoms with Crippen LogP contribution in [0.2, 0.25) is 0 Å². The van der Waals surface area contributed by atoms with Crippen molar-refractivity contribution in [2.24, 2.45) is 0 Å². The third kappa shape index (κ3) is 3.28.